The fourth-order valence-corrected chi connectivity index (χ4v) is 3.53. The second kappa shape index (κ2) is 7.27. The Balaban J connectivity index is 1.45. The molecular weight excluding hydrogens is 410 g/mol. The Hall–Kier alpha value is -2.70. The van der Waals surface area contributed by atoms with Gasteiger partial charge in [-0.05, 0) is 35.0 Å². The highest BCUT2D eigenvalue weighted by Gasteiger charge is 2.08. The zero-order valence-electron chi connectivity index (χ0n) is 13.6. The molecule has 0 bridgehead atoms. The van der Waals surface area contributed by atoms with Gasteiger partial charge in [-0.25, -0.2) is 4.98 Å². The van der Waals surface area contributed by atoms with Crippen molar-refractivity contribution >= 4 is 49.1 Å². The zero-order chi connectivity index (χ0) is 17.9. The summed E-state index contributed by atoms with van der Waals surface area (Å²) in [7, 11) is 0. The smallest absolute Gasteiger partial charge is 0.269 e. The van der Waals surface area contributed by atoms with Crippen molar-refractivity contribution in [3.05, 3.63) is 82.1 Å². The minimum absolute atomic E-state index is 0.198. The van der Waals surface area contributed by atoms with E-state index in [1.807, 2.05) is 72.1 Å². The number of thiazole rings is 1. The average Bonchev–Trinajstić information content (AvgIpc) is 3.15. The van der Waals surface area contributed by atoms with Crippen molar-refractivity contribution in [1.29, 1.82) is 0 Å². The Kier molecular flexibility index (Phi) is 4.69. The molecule has 4 rings (SSSR count). The molecule has 0 spiro atoms. The number of anilines is 1. The first-order valence-electron chi connectivity index (χ1n) is 7.96. The van der Waals surface area contributed by atoms with Crippen LogP contribution < -0.4 is 10.9 Å². The van der Waals surface area contributed by atoms with Crippen LogP contribution in [0.5, 0.6) is 0 Å². The highest BCUT2D eigenvalue weighted by Crippen LogP contribution is 2.25. The second-order valence-corrected chi connectivity index (χ2v) is 7.46. The van der Waals surface area contributed by atoms with Crippen molar-refractivity contribution < 1.29 is 4.79 Å². The van der Waals surface area contributed by atoms with E-state index in [9.17, 15) is 4.79 Å². The van der Waals surface area contributed by atoms with Crippen LogP contribution in [-0.2, 0) is 0 Å². The van der Waals surface area contributed by atoms with E-state index in [1.165, 1.54) is 11.3 Å². The van der Waals surface area contributed by atoms with Crippen molar-refractivity contribution in [1.82, 2.24) is 10.4 Å². The van der Waals surface area contributed by atoms with Crippen LogP contribution in [0.3, 0.4) is 0 Å². The van der Waals surface area contributed by atoms with Crippen LogP contribution in [0.2, 0.25) is 0 Å². The lowest BCUT2D eigenvalue weighted by Gasteiger charge is -2.06. The van der Waals surface area contributed by atoms with E-state index >= 15 is 0 Å². The van der Waals surface area contributed by atoms with Crippen LogP contribution >= 0.6 is 27.3 Å². The van der Waals surface area contributed by atoms with Crippen LogP contribution in [0.4, 0.5) is 5.13 Å². The lowest BCUT2D eigenvalue weighted by molar-refractivity contribution is 0.0963. The number of hydrogen-bond acceptors (Lipinski definition) is 4. The molecule has 4 nitrogen and oxygen atoms in total. The van der Waals surface area contributed by atoms with Crippen molar-refractivity contribution in [2.45, 2.75) is 0 Å². The number of carbonyl (C=O) groups is 1. The van der Waals surface area contributed by atoms with Gasteiger partial charge >= 0.3 is 0 Å². The number of fused-ring (bicyclic) bond motifs is 1. The molecule has 0 saturated carbocycles. The molecule has 0 aliphatic heterocycles. The largest absolute Gasteiger partial charge is 0.273 e. The fraction of sp³-hybridized carbons (Fsp3) is 0. The predicted molar refractivity (Wildman–Crippen MR) is 110 cm³/mol. The van der Waals surface area contributed by atoms with E-state index < -0.39 is 0 Å². The van der Waals surface area contributed by atoms with Gasteiger partial charge < -0.3 is 0 Å². The summed E-state index contributed by atoms with van der Waals surface area (Å²) in [6.45, 7) is 0. The average molecular weight is 424 g/mol. The van der Waals surface area contributed by atoms with Gasteiger partial charge in [0.2, 0.25) is 5.13 Å². The monoisotopic (exact) mass is 423 g/mol. The third-order valence-corrected chi connectivity index (χ3v) is 5.23. The summed E-state index contributed by atoms with van der Waals surface area (Å²) < 4.78 is 1.03. The summed E-state index contributed by atoms with van der Waals surface area (Å²) >= 11 is 4.86. The Labute approximate surface area is 163 Å². The zero-order valence-corrected chi connectivity index (χ0v) is 16.0. The van der Waals surface area contributed by atoms with E-state index in [0.29, 0.717) is 10.7 Å². The van der Waals surface area contributed by atoms with Gasteiger partial charge in [-0.1, -0.05) is 58.4 Å². The molecule has 1 heterocycles. The molecule has 0 radical (unpaired) electrons. The predicted octanol–water partition coefficient (Wildman–Crippen LogP) is 5.48. The summed E-state index contributed by atoms with van der Waals surface area (Å²) in [5, 5.41) is 4.73. The van der Waals surface area contributed by atoms with Crippen molar-refractivity contribution in [3.63, 3.8) is 0 Å². The summed E-state index contributed by atoms with van der Waals surface area (Å²) in [5.74, 6) is -0.198. The van der Waals surface area contributed by atoms with Crippen LogP contribution in [0.25, 0.3) is 22.0 Å². The first kappa shape index (κ1) is 16.8. The number of rotatable bonds is 4. The number of aromatic nitrogens is 1. The first-order chi connectivity index (χ1) is 12.7. The van der Waals surface area contributed by atoms with Gasteiger partial charge in [-0.15, -0.1) is 11.3 Å². The van der Waals surface area contributed by atoms with Crippen molar-refractivity contribution in [3.8, 4) is 11.3 Å². The van der Waals surface area contributed by atoms with Crippen molar-refractivity contribution in [2.75, 3.05) is 5.43 Å². The third-order valence-electron chi connectivity index (χ3n) is 3.94. The van der Waals surface area contributed by atoms with Crippen LogP contribution in [0, 0.1) is 0 Å². The van der Waals surface area contributed by atoms with Crippen molar-refractivity contribution in [2.24, 2.45) is 0 Å². The molecule has 4 aromatic rings. The molecule has 1 amide bonds. The molecule has 0 aliphatic rings. The number of carbonyl (C=O) groups excluding carboxylic acids is 1. The van der Waals surface area contributed by atoms with Gasteiger partial charge in [0, 0.05) is 21.0 Å². The quantitative estimate of drug-likeness (QED) is 0.427. The molecule has 128 valence electrons. The highest BCUT2D eigenvalue weighted by atomic mass is 79.9. The number of amides is 1. The molecule has 3 aromatic carbocycles. The standard InChI is InChI=1S/C20H14BrN3OS/c21-17-9-7-14(8-10-17)18-12-26-20(22-18)24-23-19(25)16-6-5-13-3-1-2-4-15(13)11-16/h1-12H,(H,22,24)(H,23,25). The maximum absolute atomic E-state index is 12.4. The Morgan fingerprint density at radius 3 is 2.54 bits per heavy atom. The Bertz CT molecular complexity index is 1080. The first-order valence-corrected chi connectivity index (χ1v) is 9.63. The van der Waals surface area contributed by atoms with Gasteiger partial charge in [0.1, 0.15) is 0 Å². The van der Waals surface area contributed by atoms with Gasteiger partial charge in [-0.3, -0.25) is 15.6 Å². The van der Waals surface area contributed by atoms with Gasteiger partial charge in [-0.2, -0.15) is 0 Å². The number of halogens is 1. The Morgan fingerprint density at radius 1 is 0.962 bits per heavy atom. The van der Waals surface area contributed by atoms with E-state index in [4.69, 9.17) is 0 Å². The summed E-state index contributed by atoms with van der Waals surface area (Å²) in [4.78, 5) is 16.9. The molecule has 26 heavy (non-hydrogen) atoms. The molecule has 6 heteroatoms. The number of nitrogens with zero attached hydrogens (tertiary/aromatic N) is 1. The molecule has 0 saturated heterocycles. The number of benzene rings is 3. The number of hydrazine groups is 1. The molecular formula is C20H14BrN3OS. The van der Waals surface area contributed by atoms with E-state index in [0.717, 1.165) is 26.5 Å². The number of hydrogen-bond donors (Lipinski definition) is 2. The maximum Gasteiger partial charge on any atom is 0.269 e. The van der Waals surface area contributed by atoms with E-state index in [2.05, 4.69) is 31.8 Å². The Morgan fingerprint density at radius 2 is 1.73 bits per heavy atom. The lowest BCUT2D eigenvalue weighted by Crippen LogP contribution is -2.29. The van der Waals surface area contributed by atoms with Gasteiger partial charge in [0.25, 0.3) is 5.91 Å². The summed E-state index contributed by atoms with van der Waals surface area (Å²) in [6.07, 6.45) is 0. The topological polar surface area (TPSA) is 54.0 Å². The molecule has 2 N–H and O–H groups in total. The minimum Gasteiger partial charge on any atom is -0.273 e. The highest BCUT2D eigenvalue weighted by molar-refractivity contribution is 9.10. The van der Waals surface area contributed by atoms with Crippen LogP contribution in [0.15, 0.2) is 76.6 Å². The van der Waals surface area contributed by atoms with E-state index in [1.54, 1.807) is 0 Å². The van der Waals surface area contributed by atoms with Crippen LogP contribution in [0.1, 0.15) is 10.4 Å². The third kappa shape index (κ3) is 3.61. The second-order valence-electron chi connectivity index (χ2n) is 5.69. The SMILES string of the molecule is O=C(NNc1nc(-c2ccc(Br)cc2)cs1)c1ccc2ccccc2c1. The summed E-state index contributed by atoms with van der Waals surface area (Å²) in [5.41, 5.74) is 8.09. The van der Waals surface area contributed by atoms with E-state index in [-0.39, 0.29) is 5.91 Å². The number of nitrogens with one attached hydrogen (secondary N) is 2. The van der Waals surface area contributed by atoms with Gasteiger partial charge in [0.15, 0.2) is 0 Å². The molecule has 0 fully saturated rings. The fourth-order valence-electron chi connectivity index (χ4n) is 2.60. The van der Waals surface area contributed by atoms with Gasteiger partial charge in [0.05, 0.1) is 5.69 Å². The molecule has 1 aromatic heterocycles. The maximum atomic E-state index is 12.4. The normalized spacial score (nSPS) is 10.7. The summed E-state index contributed by atoms with van der Waals surface area (Å²) in [6, 6.07) is 21.5. The van der Waals surface area contributed by atoms with Crippen LogP contribution in [-0.4, -0.2) is 10.9 Å². The lowest BCUT2D eigenvalue weighted by atomic mass is 10.1. The molecule has 0 aliphatic carbocycles. The minimum atomic E-state index is -0.198. The molecule has 0 unspecified atom stereocenters. The molecule has 0 atom stereocenters.